The van der Waals surface area contributed by atoms with Crippen LogP contribution in [0, 0.1) is 13.5 Å². The molecule has 2 fully saturated rings. The molecule has 0 saturated carbocycles. The number of H-pyrrole nitrogens is 1. The van der Waals surface area contributed by atoms with Gasteiger partial charge < -0.3 is 33.8 Å². The van der Waals surface area contributed by atoms with Gasteiger partial charge in [-0.1, -0.05) is 12.6 Å². The van der Waals surface area contributed by atoms with Crippen molar-refractivity contribution in [2.45, 2.75) is 51.0 Å². The summed E-state index contributed by atoms with van der Waals surface area (Å²) in [6.45, 7) is 16.7. The predicted octanol–water partition coefficient (Wildman–Crippen LogP) is 3.46. The molecule has 226 valence electrons. The number of likely N-dealkylation sites (N-methyl/N-ethyl adjacent to an activating group) is 1. The number of anilines is 1. The minimum atomic E-state index is -1.05. The number of carbonyl (C=O) groups is 1. The van der Waals surface area contributed by atoms with E-state index in [2.05, 4.69) is 38.6 Å². The number of nitrogens with zero attached hydrogens (tertiary/aromatic N) is 7. The van der Waals surface area contributed by atoms with Gasteiger partial charge in [-0.25, -0.2) is 11.0 Å². The first-order chi connectivity index (χ1) is 20.7. The number of halogens is 1. The number of amides is 1. The predicted molar refractivity (Wildman–Crippen MR) is 157 cm³/mol. The average molecular weight is 591 g/mol. The number of benzene rings is 1. The number of hydrogen-bond donors (Lipinski definition) is 1. The Morgan fingerprint density at radius 1 is 1.26 bits per heavy atom. The molecule has 0 bridgehead atoms. The summed E-state index contributed by atoms with van der Waals surface area (Å²) < 4.78 is 33.1. The molecule has 1 amide bonds. The van der Waals surface area contributed by atoms with Gasteiger partial charge >= 0.3 is 6.01 Å². The Balaban J connectivity index is 1.36. The highest BCUT2D eigenvalue weighted by Gasteiger charge is 2.40. The molecular weight excluding hydrogens is 555 g/mol. The van der Waals surface area contributed by atoms with E-state index in [9.17, 15) is 9.18 Å². The van der Waals surface area contributed by atoms with Crippen molar-refractivity contribution in [1.82, 2.24) is 30.0 Å². The van der Waals surface area contributed by atoms with E-state index >= 15 is 0 Å². The molecule has 1 N–H and O–H groups in total. The standard InChI is InChI=1S/C30H35FN8O4/c1-17-8-9-23-22(14-33-36-23)24(17)25-19(3)42-26-27(38-11-12-39(29(40)18(2)31)21(15-38)13-32-4)34-30(35-28(26)43-25)41-16-20-7-6-10-37(20)5/h8-9,14,19-21,25H,2,6-7,10-13,15-16H2,1,3,5H3,(H,33,36)/t19-,20+,21+,25?/m1/s1. The van der Waals surface area contributed by atoms with Gasteiger partial charge in [-0.05, 0) is 51.9 Å². The van der Waals surface area contributed by atoms with Crippen molar-refractivity contribution >= 4 is 22.6 Å². The van der Waals surface area contributed by atoms with Crippen LogP contribution in [0.15, 0.2) is 30.7 Å². The largest absolute Gasteiger partial charge is 0.478 e. The van der Waals surface area contributed by atoms with E-state index < -0.39 is 30.0 Å². The highest BCUT2D eigenvalue weighted by Crippen LogP contribution is 2.46. The first-order valence-corrected chi connectivity index (χ1v) is 14.5. The second kappa shape index (κ2) is 11.7. The second-order valence-electron chi connectivity index (χ2n) is 11.4. The average Bonchev–Trinajstić information content (AvgIpc) is 3.64. The normalized spacial score (nSPS) is 23.8. The third-order valence-corrected chi connectivity index (χ3v) is 8.59. The van der Waals surface area contributed by atoms with E-state index in [1.54, 1.807) is 6.20 Å². The number of likely N-dealkylation sites (tertiary alicyclic amines) is 1. The maximum absolute atomic E-state index is 13.8. The lowest BCUT2D eigenvalue weighted by atomic mass is 9.95. The van der Waals surface area contributed by atoms with Crippen molar-refractivity contribution < 1.29 is 23.4 Å². The molecule has 0 aliphatic carbocycles. The van der Waals surface area contributed by atoms with Crippen LogP contribution in [0.5, 0.6) is 17.6 Å². The van der Waals surface area contributed by atoms with Crippen LogP contribution in [0.4, 0.5) is 10.2 Å². The summed E-state index contributed by atoms with van der Waals surface area (Å²) in [4.78, 5) is 31.0. The summed E-state index contributed by atoms with van der Waals surface area (Å²) in [5.41, 5.74) is 2.88. The van der Waals surface area contributed by atoms with E-state index in [1.165, 1.54) is 4.90 Å². The number of piperazine rings is 1. The van der Waals surface area contributed by atoms with E-state index in [-0.39, 0.29) is 37.6 Å². The monoisotopic (exact) mass is 590 g/mol. The highest BCUT2D eigenvalue weighted by atomic mass is 19.1. The van der Waals surface area contributed by atoms with Crippen molar-refractivity contribution in [3.05, 3.63) is 53.3 Å². The summed E-state index contributed by atoms with van der Waals surface area (Å²) in [6, 6.07) is 3.84. The molecule has 6 rings (SSSR count). The Labute approximate surface area is 249 Å². The van der Waals surface area contributed by atoms with Crippen LogP contribution in [-0.2, 0) is 4.79 Å². The molecular formula is C30H35FN8O4. The van der Waals surface area contributed by atoms with Gasteiger partial charge in [-0.15, -0.1) is 0 Å². The number of carbonyl (C=O) groups excluding carboxylic acids is 1. The molecule has 0 radical (unpaired) electrons. The van der Waals surface area contributed by atoms with Crippen molar-refractivity contribution in [2.75, 3.05) is 51.3 Å². The smallest absolute Gasteiger partial charge is 0.322 e. The molecule has 3 aromatic rings. The van der Waals surface area contributed by atoms with Gasteiger partial charge in [0.25, 0.3) is 11.8 Å². The summed E-state index contributed by atoms with van der Waals surface area (Å²) in [7, 11) is 2.08. The van der Waals surface area contributed by atoms with E-state index in [1.807, 2.05) is 30.9 Å². The van der Waals surface area contributed by atoms with E-state index in [0.29, 0.717) is 24.7 Å². The van der Waals surface area contributed by atoms with Gasteiger partial charge in [-0.3, -0.25) is 9.89 Å². The number of aromatic nitrogens is 4. The zero-order valence-electron chi connectivity index (χ0n) is 24.5. The zero-order valence-corrected chi connectivity index (χ0v) is 24.5. The number of hydrogen-bond acceptors (Lipinski definition) is 9. The van der Waals surface area contributed by atoms with Crippen molar-refractivity contribution in [1.29, 1.82) is 0 Å². The number of ether oxygens (including phenoxy) is 3. The summed E-state index contributed by atoms with van der Waals surface area (Å²) in [5, 5.41) is 8.18. The van der Waals surface area contributed by atoms with Gasteiger partial charge in [0.05, 0.1) is 11.7 Å². The van der Waals surface area contributed by atoms with Crippen molar-refractivity contribution in [3.8, 4) is 17.6 Å². The molecule has 12 nitrogen and oxygen atoms in total. The first kappa shape index (κ1) is 28.7. The minimum Gasteiger partial charge on any atom is -0.478 e. The minimum absolute atomic E-state index is 0.00395. The third kappa shape index (κ3) is 5.43. The molecule has 4 atom stereocenters. The van der Waals surface area contributed by atoms with Crippen LogP contribution in [-0.4, -0.2) is 100 Å². The van der Waals surface area contributed by atoms with Crippen LogP contribution in [0.1, 0.15) is 37.0 Å². The van der Waals surface area contributed by atoms with Gasteiger partial charge in [0.15, 0.2) is 17.7 Å². The zero-order chi connectivity index (χ0) is 30.2. The number of fused-ring (bicyclic) bond motifs is 2. The summed E-state index contributed by atoms with van der Waals surface area (Å²) >= 11 is 0. The fourth-order valence-electron chi connectivity index (χ4n) is 6.24. The number of aryl methyl sites for hydroxylation is 1. The molecule has 0 spiro atoms. The molecule has 2 aromatic heterocycles. The lowest BCUT2D eigenvalue weighted by molar-refractivity contribution is -0.131. The van der Waals surface area contributed by atoms with E-state index in [4.69, 9.17) is 25.8 Å². The summed E-state index contributed by atoms with van der Waals surface area (Å²) in [6.07, 6.45) is 3.02. The second-order valence-corrected chi connectivity index (χ2v) is 11.4. The third-order valence-electron chi connectivity index (χ3n) is 8.59. The Kier molecular flexibility index (Phi) is 7.79. The Morgan fingerprint density at radius 2 is 2.09 bits per heavy atom. The van der Waals surface area contributed by atoms with Gasteiger partial charge in [0, 0.05) is 36.6 Å². The number of nitrogens with one attached hydrogen (secondary N) is 1. The molecule has 13 heteroatoms. The molecule has 1 aromatic carbocycles. The maximum Gasteiger partial charge on any atom is 0.322 e. The highest BCUT2D eigenvalue weighted by molar-refractivity contribution is 5.91. The Hall–Kier alpha value is -4.44. The van der Waals surface area contributed by atoms with E-state index in [0.717, 1.165) is 41.4 Å². The fraction of sp³-hybridized carbons (Fsp3) is 0.500. The number of aromatic amines is 1. The molecule has 43 heavy (non-hydrogen) atoms. The van der Waals surface area contributed by atoms with Crippen molar-refractivity contribution in [3.63, 3.8) is 0 Å². The molecule has 3 aliphatic rings. The summed E-state index contributed by atoms with van der Waals surface area (Å²) in [5.74, 6) is -0.788. The Bertz CT molecular complexity index is 1590. The lowest BCUT2D eigenvalue weighted by Gasteiger charge is -2.41. The van der Waals surface area contributed by atoms with Crippen LogP contribution in [0.3, 0.4) is 0 Å². The molecule has 2 saturated heterocycles. The van der Waals surface area contributed by atoms with Crippen LogP contribution < -0.4 is 19.1 Å². The van der Waals surface area contributed by atoms with Gasteiger partial charge in [0.2, 0.25) is 12.3 Å². The van der Waals surface area contributed by atoms with Crippen LogP contribution in [0.2, 0.25) is 0 Å². The first-order valence-electron chi connectivity index (χ1n) is 14.5. The number of rotatable bonds is 7. The van der Waals surface area contributed by atoms with Crippen LogP contribution >= 0.6 is 0 Å². The van der Waals surface area contributed by atoms with Gasteiger partial charge in [0.1, 0.15) is 18.8 Å². The van der Waals surface area contributed by atoms with Crippen LogP contribution in [0.25, 0.3) is 15.7 Å². The SMILES string of the molecule is [C-]#[N+]C[C@H]1CN(c2nc(OC[C@@H]3CCCN3C)nc3c2O[C@H](C)C(c2c(C)ccc4[nH]ncc24)O3)CCN1C(=O)C(=C)F. The lowest BCUT2D eigenvalue weighted by Crippen LogP contribution is -2.56. The molecule has 3 aliphatic heterocycles. The van der Waals surface area contributed by atoms with Crippen molar-refractivity contribution in [2.24, 2.45) is 0 Å². The Morgan fingerprint density at radius 3 is 2.84 bits per heavy atom. The quantitative estimate of drug-likeness (QED) is 0.327. The maximum atomic E-state index is 13.8. The molecule has 1 unspecified atom stereocenters. The fourth-order valence-corrected chi connectivity index (χ4v) is 6.24. The molecule has 5 heterocycles. The topological polar surface area (TPSA) is 113 Å². The van der Waals surface area contributed by atoms with Gasteiger partial charge in [-0.2, -0.15) is 15.1 Å².